The molecule has 1 amide bonds. The summed E-state index contributed by atoms with van der Waals surface area (Å²) in [6, 6.07) is 6.52. The molecule has 0 aromatic heterocycles. The number of aryl methyl sites for hydroxylation is 1. The van der Waals surface area contributed by atoms with Gasteiger partial charge in [-0.1, -0.05) is 0 Å². The van der Waals surface area contributed by atoms with Crippen molar-refractivity contribution in [1.29, 1.82) is 0 Å². The van der Waals surface area contributed by atoms with Crippen molar-refractivity contribution in [1.82, 2.24) is 5.48 Å². The molecular formula is C18H18BrF2IN2O4. The zero-order valence-corrected chi connectivity index (χ0v) is 18.7. The maximum atomic E-state index is 14.6. The van der Waals surface area contributed by atoms with E-state index in [4.69, 9.17) is 14.7 Å². The lowest BCUT2D eigenvalue weighted by Gasteiger charge is -2.17. The number of hydroxylamine groups is 1. The quantitative estimate of drug-likeness (QED) is 0.253. The summed E-state index contributed by atoms with van der Waals surface area (Å²) in [6.45, 7) is 1.38. The van der Waals surface area contributed by atoms with Gasteiger partial charge in [-0.3, -0.25) is 9.63 Å². The molecule has 0 heterocycles. The van der Waals surface area contributed by atoms with E-state index >= 15 is 0 Å². The third kappa shape index (κ3) is 5.60. The summed E-state index contributed by atoms with van der Waals surface area (Å²) in [4.78, 5) is 17.5. The number of methoxy groups -OCH3 is 1. The molecule has 2 aromatic rings. The van der Waals surface area contributed by atoms with Crippen molar-refractivity contribution in [2.75, 3.05) is 25.6 Å². The third-order valence-electron chi connectivity index (χ3n) is 3.83. The summed E-state index contributed by atoms with van der Waals surface area (Å²) in [5.74, 6) is -3.12. The Balaban J connectivity index is 2.31. The second-order valence-corrected chi connectivity index (χ2v) is 7.88. The minimum Gasteiger partial charge on any atom is -0.394 e. The monoisotopic (exact) mass is 570 g/mol. The molecule has 0 saturated carbocycles. The summed E-state index contributed by atoms with van der Waals surface area (Å²) in [5, 5.41) is 11.8. The van der Waals surface area contributed by atoms with E-state index in [1.807, 2.05) is 6.07 Å². The number of nitrogens with one attached hydrogen (secondary N) is 2. The molecule has 6 nitrogen and oxygen atoms in total. The van der Waals surface area contributed by atoms with Crippen LogP contribution in [0.3, 0.4) is 0 Å². The predicted octanol–water partition coefficient (Wildman–Crippen LogP) is 4.05. The number of rotatable bonds is 8. The van der Waals surface area contributed by atoms with Crippen LogP contribution >= 0.6 is 38.5 Å². The van der Waals surface area contributed by atoms with Gasteiger partial charge in [-0.15, -0.1) is 0 Å². The molecular weight excluding hydrogens is 553 g/mol. The molecule has 1 atom stereocenters. The van der Waals surface area contributed by atoms with Crippen molar-refractivity contribution in [3.8, 4) is 0 Å². The lowest BCUT2D eigenvalue weighted by atomic mass is 10.1. The first-order valence-electron chi connectivity index (χ1n) is 8.04. The van der Waals surface area contributed by atoms with Gasteiger partial charge in [-0.25, -0.2) is 14.3 Å². The Kier molecular flexibility index (Phi) is 8.56. The fourth-order valence-corrected chi connectivity index (χ4v) is 3.30. The number of aliphatic hydroxyl groups excluding tert-OH is 1. The molecule has 1 unspecified atom stereocenters. The van der Waals surface area contributed by atoms with E-state index in [1.165, 1.54) is 7.11 Å². The Labute approximate surface area is 182 Å². The molecule has 2 rings (SSSR count). The first-order chi connectivity index (χ1) is 13.3. The van der Waals surface area contributed by atoms with Crippen molar-refractivity contribution < 1.29 is 28.3 Å². The topological polar surface area (TPSA) is 79.8 Å². The van der Waals surface area contributed by atoms with Crippen LogP contribution in [0.5, 0.6) is 0 Å². The van der Waals surface area contributed by atoms with Crippen LogP contribution in [-0.4, -0.2) is 37.4 Å². The maximum Gasteiger partial charge on any atom is 0.277 e. The molecule has 28 heavy (non-hydrogen) atoms. The van der Waals surface area contributed by atoms with Crippen LogP contribution < -0.4 is 10.8 Å². The van der Waals surface area contributed by atoms with E-state index in [0.717, 1.165) is 15.2 Å². The highest BCUT2D eigenvalue weighted by Crippen LogP contribution is 2.32. The van der Waals surface area contributed by atoms with Gasteiger partial charge < -0.3 is 15.2 Å². The van der Waals surface area contributed by atoms with Crippen LogP contribution in [-0.2, 0) is 9.57 Å². The van der Waals surface area contributed by atoms with Crippen LogP contribution in [0.15, 0.2) is 28.7 Å². The van der Waals surface area contributed by atoms with Crippen LogP contribution in [0.2, 0.25) is 0 Å². The van der Waals surface area contributed by atoms with Gasteiger partial charge in [0.1, 0.15) is 12.7 Å². The van der Waals surface area contributed by atoms with Crippen molar-refractivity contribution in [3.63, 3.8) is 0 Å². The molecule has 0 spiro atoms. The zero-order valence-electron chi connectivity index (χ0n) is 15.0. The Morgan fingerprint density at radius 3 is 2.64 bits per heavy atom. The van der Waals surface area contributed by atoms with Gasteiger partial charge in [0.15, 0.2) is 11.6 Å². The largest absolute Gasteiger partial charge is 0.394 e. The van der Waals surface area contributed by atoms with Gasteiger partial charge in [-0.2, -0.15) is 0 Å². The van der Waals surface area contributed by atoms with E-state index in [1.54, 1.807) is 19.1 Å². The van der Waals surface area contributed by atoms with Crippen molar-refractivity contribution in [2.45, 2.75) is 13.0 Å². The number of ether oxygens (including phenoxy) is 1. The number of carbonyl (C=O) groups excluding carboxylic acids is 1. The lowest BCUT2D eigenvalue weighted by Crippen LogP contribution is -2.31. The normalized spacial score (nSPS) is 12.0. The van der Waals surface area contributed by atoms with E-state index in [2.05, 4.69) is 49.3 Å². The van der Waals surface area contributed by atoms with Gasteiger partial charge in [0.05, 0.1) is 22.3 Å². The Bertz CT molecular complexity index is 866. The number of amides is 1. The molecule has 0 aliphatic carbocycles. The molecule has 3 N–H and O–H groups in total. The van der Waals surface area contributed by atoms with Crippen LogP contribution in [0.4, 0.5) is 20.2 Å². The van der Waals surface area contributed by atoms with Crippen LogP contribution in [0.25, 0.3) is 0 Å². The second kappa shape index (κ2) is 10.4. The average Bonchev–Trinajstić information content (AvgIpc) is 2.67. The van der Waals surface area contributed by atoms with E-state index in [-0.39, 0.29) is 28.9 Å². The van der Waals surface area contributed by atoms with Gasteiger partial charge in [-0.05, 0) is 75.3 Å². The highest BCUT2D eigenvalue weighted by Gasteiger charge is 2.23. The zero-order chi connectivity index (χ0) is 20.8. The number of hydrogen-bond donors (Lipinski definition) is 3. The Morgan fingerprint density at radius 1 is 1.32 bits per heavy atom. The molecule has 2 aromatic carbocycles. The number of hydrogen-bond acceptors (Lipinski definition) is 5. The van der Waals surface area contributed by atoms with Gasteiger partial charge in [0.2, 0.25) is 0 Å². The van der Waals surface area contributed by atoms with Crippen molar-refractivity contribution in [2.24, 2.45) is 0 Å². The SMILES string of the molecule is COC(CO)CONC(=O)c1cc(Br)c(F)c(F)c1Nc1ccc(I)cc1C. The number of anilines is 2. The van der Waals surface area contributed by atoms with Crippen LogP contribution in [0, 0.1) is 22.1 Å². The molecule has 152 valence electrons. The highest BCUT2D eigenvalue weighted by molar-refractivity contribution is 14.1. The van der Waals surface area contributed by atoms with Crippen molar-refractivity contribution in [3.05, 3.63) is 55.1 Å². The van der Waals surface area contributed by atoms with E-state index < -0.39 is 23.6 Å². The standard InChI is InChI=1S/C18H18BrF2IN2O4/c1-9-5-10(22)3-4-14(9)23-17-12(6-13(19)15(20)16(17)21)18(26)24-28-8-11(7-25)27-2/h3-6,11,23,25H,7-8H2,1-2H3,(H,24,26). The molecule has 0 radical (unpaired) electrons. The molecule has 0 aliphatic rings. The molecule has 0 aliphatic heterocycles. The van der Waals surface area contributed by atoms with Crippen LogP contribution in [0.1, 0.15) is 15.9 Å². The number of halogens is 4. The molecule has 0 bridgehead atoms. The number of benzene rings is 2. The van der Waals surface area contributed by atoms with Gasteiger partial charge in [0, 0.05) is 16.4 Å². The lowest BCUT2D eigenvalue weighted by molar-refractivity contribution is -0.0469. The summed E-state index contributed by atoms with van der Waals surface area (Å²) < 4.78 is 34.4. The van der Waals surface area contributed by atoms with E-state index in [0.29, 0.717) is 5.69 Å². The third-order valence-corrected chi connectivity index (χ3v) is 5.07. The van der Waals surface area contributed by atoms with Gasteiger partial charge in [0.25, 0.3) is 5.91 Å². The molecule has 0 fully saturated rings. The van der Waals surface area contributed by atoms with Crippen molar-refractivity contribution >= 4 is 55.8 Å². The summed E-state index contributed by atoms with van der Waals surface area (Å²) in [6.07, 6.45) is -0.635. The van der Waals surface area contributed by atoms with E-state index in [9.17, 15) is 13.6 Å². The fraction of sp³-hybridized carbons (Fsp3) is 0.278. The first kappa shape index (κ1) is 22.9. The maximum absolute atomic E-state index is 14.6. The summed E-state index contributed by atoms with van der Waals surface area (Å²) in [5.41, 5.74) is 2.97. The average molecular weight is 571 g/mol. The molecule has 10 heteroatoms. The second-order valence-electron chi connectivity index (χ2n) is 5.78. The minimum absolute atomic E-state index is 0.122. The van der Waals surface area contributed by atoms with Gasteiger partial charge >= 0.3 is 0 Å². The molecule has 0 saturated heterocycles. The summed E-state index contributed by atoms with van der Waals surface area (Å²) >= 11 is 5.04. The summed E-state index contributed by atoms with van der Waals surface area (Å²) in [7, 11) is 1.38. The predicted molar refractivity (Wildman–Crippen MR) is 113 cm³/mol. The highest BCUT2D eigenvalue weighted by atomic mass is 127. The minimum atomic E-state index is -1.21. The number of carbonyl (C=O) groups is 1. The Morgan fingerprint density at radius 2 is 2.04 bits per heavy atom. The number of aliphatic hydroxyl groups is 1. The smallest absolute Gasteiger partial charge is 0.277 e. The fourth-order valence-electron chi connectivity index (χ4n) is 2.25. The first-order valence-corrected chi connectivity index (χ1v) is 9.92. The Hall–Kier alpha value is -1.34.